The highest BCUT2D eigenvalue weighted by Gasteiger charge is 2.09. The van der Waals surface area contributed by atoms with Gasteiger partial charge >= 0.3 is 0 Å². The van der Waals surface area contributed by atoms with Gasteiger partial charge in [0.25, 0.3) is 0 Å². The molecule has 1 aromatic carbocycles. The van der Waals surface area contributed by atoms with Crippen LogP contribution < -0.4 is 10.6 Å². The van der Waals surface area contributed by atoms with Crippen LogP contribution in [0.3, 0.4) is 0 Å². The summed E-state index contributed by atoms with van der Waals surface area (Å²) in [6.07, 6.45) is 0. The van der Waals surface area contributed by atoms with Crippen molar-refractivity contribution in [2.75, 3.05) is 11.9 Å². The second-order valence-electron chi connectivity index (χ2n) is 3.77. The molecule has 17 heavy (non-hydrogen) atoms. The zero-order valence-corrected chi connectivity index (χ0v) is 10.4. The quantitative estimate of drug-likeness (QED) is 0.907. The van der Waals surface area contributed by atoms with Crippen LogP contribution in [0.4, 0.5) is 9.52 Å². The molecular weight excluding hydrogens is 237 g/mol. The molecule has 0 amide bonds. The van der Waals surface area contributed by atoms with Crippen molar-refractivity contribution in [2.45, 2.75) is 13.1 Å². The highest BCUT2D eigenvalue weighted by Crippen LogP contribution is 2.21. The first-order chi connectivity index (χ1) is 8.20. The van der Waals surface area contributed by atoms with Gasteiger partial charge < -0.3 is 10.6 Å². The smallest absolute Gasteiger partial charge is 0.185 e. The van der Waals surface area contributed by atoms with Gasteiger partial charge in [-0.15, -0.1) is 11.3 Å². The van der Waals surface area contributed by atoms with E-state index in [9.17, 15) is 4.39 Å². The maximum atomic E-state index is 13.5. The molecule has 90 valence electrons. The summed E-state index contributed by atoms with van der Waals surface area (Å²) >= 11 is 1.52. The van der Waals surface area contributed by atoms with Crippen molar-refractivity contribution >= 4 is 16.5 Å². The van der Waals surface area contributed by atoms with Crippen LogP contribution in [0.5, 0.6) is 0 Å². The molecule has 0 saturated heterocycles. The third-order valence-electron chi connectivity index (χ3n) is 2.44. The van der Waals surface area contributed by atoms with Crippen molar-refractivity contribution in [2.24, 2.45) is 5.73 Å². The molecule has 2 rings (SSSR count). The number of anilines is 1. The zero-order valence-electron chi connectivity index (χ0n) is 9.56. The average molecular weight is 251 g/mol. The van der Waals surface area contributed by atoms with E-state index in [1.165, 1.54) is 17.4 Å². The Morgan fingerprint density at radius 1 is 1.41 bits per heavy atom. The third kappa shape index (κ3) is 2.81. The van der Waals surface area contributed by atoms with E-state index in [4.69, 9.17) is 5.73 Å². The molecule has 0 aliphatic rings. The number of aromatic nitrogens is 1. The van der Waals surface area contributed by atoms with Crippen molar-refractivity contribution in [1.82, 2.24) is 4.98 Å². The van der Waals surface area contributed by atoms with Crippen LogP contribution >= 0.6 is 11.3 Å². The Bertz CT molecular complexity index is 498. The molecule has 0 aliphatic heterocycles. The lowest BCUT2D eigenvalue weighted by atomic mass is 10.2. The van der Waals surface area contributed by atoms with E-state index in [0.29, 0.717) is 18.7 Å². The molecule has 0 bridgehead atoms. The Balaban J connectivity index is 2.11. The van der Waals surface area contributed by atoms with E-state index in [2.05, 4.69) is 4.98 Å². The number of nitrogens with zero attached hydrogens (tertiary/aromatic N) is 2. The van der Waals surface area contributed by atoms with Gasteiger partial charge in [-0.1, -0.05) is 18.2 Å². The minimum absolute atomic E-state index is 0.185. The number of nitrogens with two attached hydrogens (primary N) is 1. The molecule has 1 aromatic heterocycles. The van der Waals surface area contributed by atoms with Gasteiger partial charge in [0.15, 0.2) is 5.13 Å². The van der Waals surface area contributed by atoms with Gasteiger partial charge in [-0.25, -0.2) is 9.37 Å². The maximum absolute atomic E-state index is 13.5. The minimum Gasteiger partial charge on any atom is -0.347 e. The highest BCUT2D eigenvalue weighted by molar-refractivity contribution is 7.13. The summed E-state index contributed by atoms with van der Waals surface area (Å²) in [5.74, 6) is -0.185. The molecule has 2 N–H and O–H groups in total. The van der Waals surface area contributed by atoms with Crippen molar-refractivity contribution in [3.05, 3.63) is 46.7 Å². The van der Waals surface area contributed by atoms with Crippen LogP contribution in [0.1, 0.15) is 11.3 Å². The predicted molar refractivity (Wildman–Crippen MR) is 68.5 cm³/mol. The first-order valence-corrected chi connectivity index (χ1v) is 6.17. The molecule has 3 nitrogen and oxygen atoms in total. The molecule has 1 heterocycles. The molecule has 0 unspecified atom stereocenters. The van der Waals surface area contributed by atoms with E-state index in [-0.39, 0.29) is 5.82 Å². The molecular formula is C12H14FN3S. The van der Waals surface area contributed by atoms with Crippen LogP contribution in [0.25, 0.3) is 0 Å². The van der Waals surface area contributed by atoms with E-state index in [1.807, 2.05) is 23.4 Å². The Morgan fingerprint density at radius 2 is 2.18 bits per heavy atom. The van der Waals surface area contributed by atoms with Gasteiger partial charge in [0.05, 0.1) is 5.69 Å². The van der Waals surface area contributed by atoms with Crippen LogP contribution in [0.2, 0.25) is 0 Å². The summed E-state index contributed by atoms with van der Waals surface area (Å²) in [5, 5.41) is 2.78. The zero-order chi connectivity index (χ0) is 12.3. The average Bonchev–Trinajstić information content (AvgIpc) is 2.81. The Morgan fingerprint density at radius 3 is 2.82 bits per heavy atom. The summed E-state index contributed by atoms with van der Waals surface area (Å²) in [6, 6.07) is 6.77. The number of rotatable bonds is 4. The highest BCUT2D eigenvalue weighted by atomic mass is 32.1. The van der Waals surface area contributed by atoms with Gasteiger partial charge in [-0.3, -0.25) is 0 Å². The van der Waals surface area contributed by atoms with Crippen molar-refractivity contribution in [1.29, 1.82) is 0 Å². The van der Waals surface area contributed by atoms with Gasteiger partial charge in [0.2, 0.25) is 0 Å². The lowest BCUT2D eigenvalue weighted by Gasteiger charge is -2.16. The van der Waals surface area contributed by atoms with Crippen molar-refractivity contribution in [3.8, 4) is 0 Å². The monoisotopic (exact) mass is 251 g/mol. The minimum atomic E-state index is -0.185. The Labute approximate surface area is 104 Å². The summed E-state index contributed by atoms with van der Waals surface area (Å²) in [6.45, 7) is 0.939. The van der Waals surface area contributed by atoms with Gasteiger partial charge in [-0.2, -0.15) is 0 Å². The van der Waals surface area contributed by atoms with Crippen LogP contribution in [-0.2, 0) is 13.1 Å². The first kappa shape index (κ1) is 12.0. The number of thiazole rings is 1. The maximum Gasteiger partial charge on any atom is 0.185 e. The molecule has 0 spiro atoms. The summed E-state index contributed by atoms with van der Waals surface area (Å²) in [7, 11) is 1.89. The lowest BCUT2D eigenvalue weighted by molar-refractivity contribution is 0.608. The molecule has 0 radical (unpaired) electrons. The lowest BCUT2D eigenvalue weighted by Crippen LogP contribution is -2.17. The number of halogens is 1. The largest absolute Gasteiger partial charge is 0.347 e. The summed E-state index contributed by atoms with van der Waals surface area (Å²) in [5.41, 5.74) is 7.04. The first-order valence-electron chi connectivity index (χ1n) is 5.29. The van der Waals surface area contributed by atoms with Gasteiger partial charge in [0.1, 0.15) is 5.82 Å². The summed E-state index contributed by atoms with van der Waals surface area (Å²) in [4.78, 5) is 6.27. The summed E-state index contributed by atoms with van der Waals surface area (Å²) < 4.78 is 13.5. The fourth-order valence-corrected chi connectivity index (χ4v) is 2.32. The van der Waals surface area contributed by atoms with E-state index >= 15 is 0 Å². The second-order valence-corrected chi connectivity index (χ2v) is 4.61. The number of hydrogen-bond acceptors (Lipinski definition) is 4. The van der Waals surface area contributed by atoms with E-state index in [0.717, 1.165) is 10.8 Å². The number of hydrogen-bond donors (Lipinski definition) is 1. The fourth-order valence-electron chi connectivity index (χ4n) is 1.52. The molecule has 2 aromatic rings. The second kappa shape index (κ2) is 5.25. The number of benzene rings is 1. The van der Waals surface area contributed by atoms with Crippen molar-refractivity contribution < 1.29 is 4.39 Å². The van der Waals surface area contributed by atoms with E-state index < -0.39 is 0 Å². The Hall–Kier alpha value is -1.46. The molecule has 0 saturated carbocycles. The third-order valence-corrected chi connectivity index (χ3v) is 3.44. The predicted octanol–water partition coefficient (Wildman–Crippen LogP) is 2.38. The molecule has 5 heteroatoms. The standard InChI is InChI=1S/C12H14FN3S/c1-16(12-15-10(6-14)8-17-12)7-9-4-2-3-5-11(9)13/h2-5,8H,6-7,14H2,1H3. The normalized spacial score (nSPS) is 10.5. The Kier molecular flexibility index (Phi) is 3.71. The van der Waals surface area contributed by atoms with Crippen LogP contribution in [0.15, 0.2) is 29.6 Å². The van der Waals surface area contributed by atoms with Gasteiger partial charge in [-0.05, 0) is 6.07 Å². The molecule has 0 aliphatic carbocycles. The van der Waals surface area contributed by atoms with Crippen molar-refractivity contribution in [3.63, 3.8) is 0 Å². The SMILES string of the molecule is CN(Cc1ccccc1F)c1nc(CN)cs1. The molecule has 0 fully saturated rings. The fraction of sp³-hybridized carbons (Fsp3) is 0.250. The van der Waals surface area contributed by atoms with Crippen LogP contribution in [-0.4, -0.2) is 12.0 Å². The topological polar surface area (TPSA) is 42.2 Å². The van der Waals surface area contributed by atoms with E-state index in [1.54, 1.807) is 12.1 Å². The van der Waals surface area contributed by atoms with Crippen LogP contribution in [0, 0.1) is 5.82 Å². The molecule has 0 atom stereocenters. The van der Waals surface area contributed by atoms with Gasteiger partial charge in [0, 0.05) is 31.1 Å².